The van der Waals surface area contributed by atoms with Crippen LogP contribution in [0.3, 0.4) is 0 Å². The van der Waals surface area contributed by atoms with Gasteiger partial charge < -0.3 is 4.74 Å². The van der Waals surface area contributed by atoms with Crippen molar-refractivity contribution in [1.82, 2.24) is 5.48 Å². The lowest BCUT2D eigenvalue weighted by Gasteiger charge is -2.26. The van der Waals surface area contributed by atoms with Crippen LogP contribution in [0.4, 0.5) is 0 Å². The van der Waals surface area contributed by atoms with E-state index in [1.165, 1.54) is 23.1 Å². The van der Waals surface area contributed by atoms with Gasteiger partial charge in [0.15, 0.2) is 0 Å². The highest BCUT2D eigenvalue weighted by atomic mass is 16.6. The molecule has 1 aliphatic rings. The smallest absolute Gasteiger partial charge is 0.119 e. The Morgan fingerprint density at radius 1 is 1.14 bits per heavy atom. The van der Waals surface area contributed by atoms with Gasteiger partial charge in [-0.25, -0.2) is 0 Å². The van der Waals surface area contributed by atoms with E-state index in [0.717, 1.165) is 18.6 Å². The average Bonchev–Trinajstić information content (AvgIpc) is 2.55. The Kier molecular flexibility index (Phi) is 4.53. The third-order valence-electron chi connectivity index (χ3n) is 3.97. The molecule has 1 unspecified atom stereocenters. The predicted molar refractivity (Wildman–Crippen MR) is 83.0 cm³/mol. The zero-order valence-electron chi connectivity index (χ0n) is 12.3. The third kappa shape index (κ3) is 3.43. The minimum Gasteiger partial charge on any atom is -0.497 e. The highest BCUT2D eigenvalue weighted by Gasteiger charge is 2.20. The number of hydroxylamine groups is 1. The van der Waals surface area contributed by atoms with Crippen LogP contribution < -0.4 is 10.2 Å². The van der Waals surface area contributed by atoms with Gasteiger partial charge in [-0.2, -0.15) is 5.48 Å². The number of hydrogen-bond donors (Lipinski definition) is 1. The number of fused-ring (bicyclic) bond motifs is 1. The summed E-state index contributed by atoms with van der Waals surface area (Å²) in [7, 11) is 1.71. The molecule has 21 heavy (non-hydrogen) atoms. The van der Waals surface area contributed by atoms with E-state index in [9.17, 15) is 0 Å². The second kappa shape index (κ2) is 6.74. The van der Waals surface area contributed by atoms with Crippen molar-refractivity contribution < 1.29 is 9.57 Å². The van der Waals surface area contributed by atoms with Crippen LogP contribution in [0.25, 0.3) is 0 Å². The summed E-state index contributed by atoms with van der Waals surface area (Å²) in [5, 5.41) is 0. The third-order valence-corrected chi connectivity index (χ3v) is 3.97. The fourth-order valence-corrected chi connectivity index (χ4v) is 2.83. The minimum atomic E-state index is 0.243. The normalized spacial score (nSPS) is 17.3. The molecule has 3 rings (SSSR count). The van der Waals surface area contributed by atoms with Crippen molar-refractivity contribution in [2.45, 2.75) is 31.9 Å². The van der Waals surface area contributed by atoms with Gasteiger partial charge in [-0.1, -0.05) is 36.4 Å². The predicted octanol–water partition coefficient (Wildman–Crippen LogP) is 3.79. The summed E-state index contributed by atoms with van der Waals surface area (Å²) in [6.45, 7) is 0.580. The number of benzene rings is 2. The average molecular weight is 283 g/mol. The molecule has 3 heteroatoms. The summed E-state index contributed by atoms with van der Waals surface area (Å²) >= 11 is 0. The summed E-state index contributed by atoms with van der Waals surface area (Å²) < 4.78 is 5.33. The second-order valence-electron chi connectivity index (χ2n) is 5.40. The Hall–Kier alpha value is -1.84. The van der Waals surface area contributed by atoms with Crippen molar-refractivity contribution in [2.75, 3.05) is 7.11 Å². The van der Waals surface area contributed by atoms with Crippen molar-refractivity contribution in [3.05, 3.63) is 65.2 Å². The van der Waals surface area contributed by atoms with Gasteiger partial charge in [-0.3, -0.25) is 4.84 Å². The molecule has 0 aliphatic heterocycles. The van der Waals surface area contributed by atoms with Gasteiger partial charge in [-0.15, -0.1) is 0 Å². The van der Waals surface area contributed by atoms with E-state index in [1.807, 2.05) is 24.3 Å². The molecule has 0 bridgehead atoms. The zero-order valence-corrected chi connectivity index (χ0v) is 12.3. The van der Waals surface area contributed by atoms with E-state index in [1.54, 1.807) is 7.11 Å². The Bertz CT molecular complexity index is 583. The molecule has 1 atom stereocenters. The van der Waals surface area contributed by atoms with Gasteiger partial charge in [0, 0.05) is 0 Å². The highest BCUT2D eigenvalue weighted by Crippen LogP contribution is 2.32. The lowest BCUT2D eigenvalue weighted by atomic mass is 9.88. The lowest BCUT2D eigenvalue weighted by molar-refractivity contribution is -0.000917. The lowest BCUT2D eigenvalue weighted by Crippen LogP contribution is -2.25. The molecule has 2 aromatic rings. The molecular weight excluding hydrogens is 262 g/mol. The fraction of sp³-hybridized carbons (Fsp3) is 0.333. The number of ether oxygens (including phenoxy) is 1. The molecule has 0 heterocycles. The first-order valence-electron chi connectivity index (χ1n) is 7.45. The first-order valence-corrected chi connectivity index (χ1v) is 7.45. The maximum Gasteiger partial charge on any atom is 0.119 e. The maximum absolute atomic E-state index is 5.70. The second-order valence-corrected chi connectivity index (χ2v) is 5.40. The largest absolute Gasteiger partial charge is 0.497 e. The molecule has 1 aliphatic carbocycles. The summed E-state index contributed by atoms with van der Waals surface area (Å²) in [4.78, 5) is 5.70. The molecule has 0 fully saturated rings. The van der Waals surface area contributed by atoms with Crippen LogP contribution in [0.15, 0.2) is 48.5 Å². The number of aryl methyl sites for hydroxylation is 1. The van der Waals surface area contributed by atoms with Crippen molar-refractivity contribution in [1.29, 1.82) is 0 Å². The SMILES string of the molecule is COc1ccc2c(c1)C(NOCc1ccccc1)CCC2. The van der Waals surface area contributed by atoms with E-state index in [0.29, 0.717) is 6.61 Å². The first-order chi connectivity index (χ1) is 10.4. The van der Waals surface area contributed by atoms with Gasteiger partial charge in [0.2, 0.25) is 0 Å². The van der Waals surface area contributed by atoms with E-state index in [4.69, 9.17) is 9.57 Å². The Morgan fingerprint density at radius 3 is 2.81 bits per heavy atom. The summed E-state index contributed by atoms with van der Waals surface area (Å²) in [6, 6.07) is 16.8. The van der Waals surface area contributed by atoms with Crippen LogP contribution >= 0.6 is 0 Å². The van der Waals surface area contributed by atoms with Gasteiger partial charge in [0.25, 0.3) is 0 Å². The highest BCUT2D eigenvalue weighted by molar-refractivity contribution is 5.39. The van der Waals surface area contributed by atoms with E-state index in [2.05, 4.69) is 29.7 Å². The number of rotatable bonds is 5. The van der Waals surface area contributed by atoms with Crippen LogP contribution in [0, 0.1) is 0 Å². The van der Waals surface area contributed by atoms with E-state index >= 15 is 0 Å². The maximum atomic E-state index is 5.70. The van der Waals surface area contributed by atoms with Crippen molar-refractivity contribution >= 4 is 0 Å². The molecule has 0 saturated carbocycles. The zero-order chi connectivity index (χ0) is 14.5. The van der Waals surface area contributed by atoms with Crippen LogP contribution in [-0.4, -0.2) is 7.11 Å². The van der Waals surface area contributed by atoms with Crippen LogP contribution in [0.1, 0.15) is 35.6 Å². The Morgan fingerprint density at radius 2 is 2.00 bits per heavy atom. The van der Waals surface area contributed by atoms with E-state index in [-0.39, 0.29) is 6.04 Å². The minimum absolute atomic E-state index is 0.243. The van der Waals surface area contributed by atoms with Gasteiger partial charge in [-0.05, 0) is 48.1 Å². The molecule has 0 spiro atoms. The number of hydrogen-bond acceptors (Lipinski definition) is 3. The first kappa shape index (κ1) is 14.1. The molecule has 0 saturated heterocycles. The van der Waals surface area contributed by atoms with E-state index < -0.39 is 0 Å². The summed E-state index contributed by atoms with van der Waals surface area (Å²) in [5.74, 6) is 0.908. The standard InChI is InChI=1S/C18H21NO2/c1-20-16-11-10-15-8-5-9-18(17(15)12-16)19-21-13-14-6-3-2-4-7-14/h2-4,6-7,10-12,18-19H,5,8-9,13H2,1H3. The number of methoxy groups -OCH3 is 1. The molecule has 3 nitrogen and oxygen atoms in total. The topological polar surface area (TPSA) is 30.5 Å². The molecule has 2 aromatic carbocycles. The van der Waals surface area contributed by atoms with Crippen LogP contribution in [0.5, 0.6) is 5.75 Å². The molecule has 0 aromatic heterocycles. The summed E-state index contributed by atoms with van der Waals surface area (Å²) in [6.07, 6.45) is 3.41. The van der Waals surface area contributed by atoms with Gasteiger partial charge >= 0.3 is 0 Å². The van der Waals surface area contributed by atoms with Crippen molar-refractivity contribution in [3.63, 3.8) is 0 Å². The fourth-order valence-electron chi connectivity index (χ4n) is 2.83. The molecule has 1 N–H and O–H groups in total. The van der Waals surface area contributed by atoms with Crippen molar-refractivity contribution in [3.8, 4) is 5.75 Å². The molecule has 0 radical (unpaired) electrons. The quantitative estimate of drug-likeness (QED) is 0.847. The monoisotopic (exact) mass is 283 g/mol. The van der Waals surface area contributed by atoms with Gasteiger partial charge in [0.1, 0.15) is 5.75 Å². The van der Waals surface area contributed by atoms with Crippen LogP contribution in [-0.2, 0) is 17.9 Å². The number of nitrogens with one attached hydrogen (secondary N) is 1. The molecule has 110 valence electrons. The summed E-state index contributed by atoms with van der Waals surface area (Å²) in [5.41, 5.74) is 7.09. The van der Waals surface area contributed by atoms with Gasteiger partial charge in [0.05, 0.1) is 19.8 Å². The Labute approximate surface area is 125 Å². The Balaban J connectivity index is 1.64. The molecular formula is C18H21NO2. The molecule has 0 amide bonds. The van der Waals surface area contributed by atoms with Crippen LogP contribution in [0.2, 0.25) is 0 Å². The van der Waals surface area contributed by atoms with Crippen molar-refractivity contribution in [2.24, 2.45) is 0 Å².